The van der Waals surface area contributed by atoms with Crippen molar-refractivity contribution in [3.05, 3.63) is 12.2 Å². The molecule has 3 heterocycles. The number of hydrogen-bond acceptors (Lipinski definition) is 19. The van der Waals surface area contributed by atoms with Crippen LogP contribution >= 0.6 is 0 Å². The Bertz CT molecular complexity index is 1460. The first-order valence-electron chi connectivity index (χ1n) is 20.8. The van der Waals surface area contributed by atoms with Crippen LogP contribution < -0.4 is 0 Å². The largest absolute Gasteiger partial charge is 0.481 e. The van der Waals surface area contributed by atoms with E-state index in [1.807, 2.05) is 0 Å². The minimum Gasteiger partial charge on any atom is -0.481 e. The number of esters is 2. The van der Waals surface area contributed by atoms with Crippen LogP contribution in [0.1, 0.15) is 70.6 Å². The first-order valence-corrected chi connectivity index (χ1v) is 20.8. The molecule has 0 bridgehead atoms. The molecule has 0 amide bonds. The standard InChI is InChI=1S/C39H60O21/c40-18-5-1-16(2-6-18)3-8-29(46)54-14-26-31(48)34(51)36(53)39(60-26)58-25-12-20-23(56-37(25)17-4-7-21(42)22(43)9-17)10-19(41)11-24(20)57-38-35(52)33(50)32(49)27(59-38)15-55-30(47)13-28(44)45/h3,8,16-27,31-43,48-53H,1-2,4-7,9-15H2,(H,44,45)/p+1/t16?,17?,18?,19?,20?,21?,22?,23?,24?,25?,26-,27-,31-,32-,33+,34+,35-,36-,37?,38-,39-/m1/s1. The number of carboxylic acid groups (broad SMARTS) is 1. The number of allylic oxidation sites excluding steroid dienone is 1. The number of fused-ring (bicyclic) bond motifs is 1. The molecule has 6 rings (SSSR count). The van der Waals surface area contributed by atoms with Crippen LogP contribution in [0.3, 0.4) is 0 Å². The van der Waals surface area contributed by atoms with Crippen molar-refractivity contribution in [1.82, 2.24) is 0 Å². The molecule has 19 atom stereocenters. The molecule has 0 spiro atoms. The molecule has 0 radical (unpaired) electrons. The molecule has 21 nitrogen and oxygen atoms in total. The smallest absolute Gasteiger partial charge is 0.330 e. The van der Waals surface area contributed by atoms with Gasteiger partial charge >= 0.3 is 17.9 Å². The van der Waals surface area contributed by atoms with Crippen molar-refractivity contribution in [2.45, 2.75) is 181 Å². The Morgan fingerprint density at radius 2 is 1.22 bits per heavy atom. The summed E-state index contributed by atoms with van der Waals surface area (Å²) < 4.78 is 39.6. The normalized spacial score (nSPS) is 46.3. The van der Waals surface area contributed by atoms with Crippen LogP contribution in [0.25, 0.3) is 0 Å². The van der Waals surface area contributed by atoms with Crippen molar-refractivity contribution >= 4 is 17.9 Å². The summed E-state index contributed by atoms with van der Waals surface area (Å²) in [5, 5.41) is 115. The van der Waals surface area contributed by atoms with Gasteiger partial charge in [-0.05, 0) is 57.3 Å². The Kier molecular flexibility index (Phi) is 16.3. The monoisotopic (exact) mass is 865 g/mol. The molecule has 3 saturated heterocycles. The molecule has 3 saturated carbocycles. The van der Waals surface area contributed by atoms with Gasteiger partial charge in [-0.2, -0.15) is 0 Å². The lowest BCUT2D eigenvalue weighted by Gasteiger charge is -2.50. The highest BCUT2D eigenvalue weighted by molar-refractivity contribution is 5.90. The van der Waals surface area contributed by atoms with Crippen LogP contribution in [-0.4, -0.2) is 202 Å². The molecule has 6 aliphatic rings. The minimum atomic E-state index is -1.84. The van der Waals surface area contributed by atoms with Crippen molar-refractivity contribution in [3.63, 3.8) is 0 Å². The molecule has 3 aliphatic heterocycles. The summed E-state index contributed by atoms with van der Waals surface area (Å²) >= 11 is 0. The van der Waals surface area contributed by atoms with Gasteiger partial charge in [0.05, 0.1) is 36.4 Å². The average molecular weight is 866 g/mol. The quantitative estimate of drug-likeness (QED) is 0.0364. The minimum absolute atomic E-state index is 0.00997. The van der Waals surface area contributed by atoms with E-state index in [0.717, 1.165) is 0 Å². The van der Waals surface area contributed by atoms with Gasteiger partial charge < -0.3 is 89.3 Å². The third-order valence-electron chi connectivity index (χ3n) is 12.8. The highest BCUT2D eigenvalue weighted by Crippen LogP contribution is 2.44. The van der Waals surface area contributed by atoms with E-state index in [0.29, 0.717) is 32.1 Å². The van der Waals surface area contributed by atoms with Crippen LogP contribution in [0.5, 0.6) is 0 Å². The molecular formula is C39H61O21+. The zero-order valence-corrected chi connectivity index (χ0v) is 33.0. The Hall–Kier alpha value is -2.45. The van der Waals surface area contributed by atoms with Crippen LogP contribution in [-0.2, 0) is 42.8 Å². The summed E-state index contributed by atoms with van der Waals surface area (Å²) in [4.78, 5) is 35.4. The second kappa shape index (κ2) is 20.8. The van der Waals surface area contributed by atoms with Crippen molar-refractivity contribution < 1.29 is 104 Å². The number of aliphatic hydroxyl groups excluding tert-OH is 10. The third kappa shape index (κ3) is 11.6. The highest BCUT2D eigenvalue weighted by atomic mass is 16.7. The Labute approximate surface area is 345 Å². The maximum absolute atomic E-state index is 12.6. The van der Waals surface area contributed by atoms with Gasteiger partial charge in [0.25, 0.3) is 0 Å². The first-order chi connectivity index (χ1) is 28.5. The van der Waals surface area contributed by atoms with Gasteiger partial charge in [-0.25, -0.2) is 4.79 Å². The number of hydrogen-bond donors (Lipinski definition) is 11. The molecule has 12 N–H and O–H groups in total. The topological polar surface area (TPSA) is 342 Å². The van der Waals surface area contributed by atoms with E-state index >= 15 is 0 Å². The van der Waals surface area contributed by atoms with Gasteiger partial charge in [0.2, 0.25) is 0 Å². The predicted octanol–water partition coefficient (Wildman–Crippen LogP) is -4.00. The summed E-state index contributed by atoms with van der Waals surface area (Å²) in [7, 11) is 0. The van der Waals surface area contributed by atoms with Crippen LogP contribution in [0, 0.1) is 17.8 Å². The van der Waals surface area contributed by atoms with Gasteiger partial charge in [0.1, 0.15) is 74.6 Å². The van der Waals surface area contributed by atoms with Gasteiger partial charge in [-0.15, -0.1) is 0 Å². The Morgan fingerprint density at radius 1 is 0.617 bits per heavy atom. The van der Waals surface area contributed by atoms with Gasteiger partial charge in [0, 0.05) is 24.8 Å². The number of aliphatic hydroxyl groups is 12. The number of rotatable bonds is 13. The van der Waals surface area contributed by atoms with E-state index in [2.05, 4.69) is 0 Å². The maximum atomic E-state index is 12.6. The van der Waals surface area contributed by atoms with E-state index in [4.69, 9.17) is 38.3 Å². The predicted molar refractivity (Wildman–Crippen MR) is 197 cm³/mol. The number of carbonyl (C=O) groups excluding carboxylic acids is 2. The fourth-order valence-electron chi connectivity index (χ4n) is 9.38. The van der Waals surface area contributed by atoms with E-state index in [1.165, 1.54) is 6.08 Å². The lowest BCUT2D eigenvalue weighted by atomic mass is 9.72. The number of carboxylic acids is 1. The van der Waals surface area contributed by atoms with Crippen molar-refractivity contribution in [3.8, 4) is 0 Å². The molecule has 21 heteroatoms. The van der Waals surface area contributed by atoms with E-state index in [-0.39, 0.29) is 50.0 Å². The maximum Gasteiger partial charge on any atom is 0.330 e. The summed E-state index contributed by atoms with van der Waals surface area (Å²) in [5.74, 6) is -4.17. The molecule has 0 aromatic heterocycles. The molecular weight excluding hydrogens is 804 g/mol. The van der Waals surface area contributed by atoms with Crippen molar-refractivity contribution in [2.75, 3.05) is 13.2 Å². The summed E-state index contributed by atoms with van der Waals surface area (Å²) in [6.45, 7) is -1.19. The first kappa shape index (κ1) is 47.0. The fourth-order valence-corrected chi connectivity index (χ4v) is 9.38. The highest BCUT2D eigenvalue weighted by Gasteiger charge is 2.57. The number of carbonyl (C=O) groups is 3. The zero-order valence-electron chi connectivity index (χ0n) is 33.0. The van der Waals surface area contributed by atoms with Crippen LogP contribution in [0.2, 0.25) is 0 Å². The van der Waals surface area contributed by atoms with Crippen molar-refractivity contribution in [2.24, 2.45) is 17.8 Å². The van der Waals surface area contributed by atoms with Crippen LogP contribution in [0.15, 0.2) is 12.2 Å². The third-order valence-corrected chi connectivity index (χ3v) is 12.8. The second-order valence-corrected chi connectivity index (χ2v) is 17.1. The van der Waals surface area contributed by atoms with Gasteiger partial charge in [0.15, 0.2) is 24.8 Å². The average Bonchev–Trinajstić information content (AvgIpc) is 3.20. The lowest BCUT2D eigenvalue weighted by Crippen LogP contribution is -2.64. The molecule has 6 fully saturated rings. The second-order valence-electron chi connectivity index (χ2n) is 17.1. The lowest BCUT2D eigenvalue weighted by molar-refractivity contribution is -0.367. The van der Waals surface area contributed by atoms with E-state index in [9.17, 15) is 65.4 Å². The summed E-state index contributed by atoms with van der Waals surface area (Å²) in [5.41, 5.74) is 0. The summed E-state index contributed by atoms with van der Waals surface area (Å²) in [6, 6.07) is 0. The van der Waals surface area contributed by atoms with Crippen molar-refractivity contribution in [1.29, 1.82) is 0 Å². The SMILES string of the molecule is O=C(O)CC(=O)OC[C@H]1O[C@@H](OC2CC(O)CC3[OH+]C(C4CCC(O)C(O)C4)C(O[C@@H]4O[C@H](COC(=O)C=CC5CCC(O)CC5)[C@@H](O)[C@H](O)[C@H]4O)CC23)[C@H](O)[C@@H](O)[C@@H]1O. The molecule has 60 heavy (non-hydrogen) atoms. The van der Waals surface area contributed by atoms with E-state index in [1.54, 1.807) is 6.08 Å². The summed E-state index contributed by atoms with van der Waals surface area (Å²) in [6.07, 6.45) is -17.5. The number of ether oxygens (including phenoxy) is 7. The Morgan fingerprint density at radius 3 is 1.82 bits per heavy atom. The molecule has 9 unspecified atom stereocenters. The fraction of sp³-hybridized carbons (Fsp3) is 0.872. The van der Waals surface area contributed by atoms with E-state index < -0.39 is 148 Å². The molecule has 3 aliphatic carbocycles. The van der Waals surface area contributed by atoms with Crippen LogP contribution in [0.4, 0.5) is 0 Å². The Balaban J connectivity index is 1.16. The molecule has 342 valence electrons. The van der Waals surface area contributed by atoms with Gasteiger partial charge in [-0.1, -0.05) is 6.08 Å². The molecule has 0 aromatic carbocycles. The zero-order chi connectivity index (χ0) is 43.4. The number of aliphatic carboxylic acids is 1. The molecule has 0 aromatic rings. The van der Waals surface area contributed by atoms with Gasteiger partial charge in [-0.3, -0.25) is 9.59 Å².